The minimum atomic E-state index is -0.564. The summed E-state index contributed by atoms with van der Waals surface area (Å²) in [7, 11) is 0. The number of halogens is 1. The van der Waals surface area contributed by atoms with E-state index in [0.717, 1.165) is 38.0 Å². The molecule has 5 nitrogen and oxygen atoms in total. The Morgan fingerprint density at radius 1 is 0.718 bits per heavy atom. The van der Waals surface area contributed by atoms with Crippen LogP contribution in [0.2, 0.25) is 0 Å². The van der Waals surface area contributed by atoms with Gasteiger partial charge in [0, 0.05) is 12.7 Å². The number of carbonyl (C=O) groups excluding carboxylic acids is 1. The molecule has 0 aliphatic heterocycles. The summed E-state index contributed by atoms with van der Waals surface area (Å²) in [6.45, 7) is 8.15. The molecule has 0 fully saturated rings. The van der Waals surface area contributed by atoms with E-state index >= 15 is 0 Å². The zero-order valence-electron chi connectivity index (χ0n) is 24.4. The molecule has 0 aliphatic carbocycles. The summed E-state index contributed by atoms with van der Waals surface area (Å²) in [4.78, 5) is 12.5. The van der Waals surface area contributed by atoms with Crippen LogP contribution in [-0.4, -0.2) is 31.9 Å². The van der Waals surface area contributed by atoms with Crippen molar-refractivity contribution in [2.75, 3.05) is 19.8 Å². The van der Waals surface area contributed by atoms with Crippen LogP contribution < -0.4 is 14.2 Å². The van der Waals surface area contributed by atoms with Crippen LogP contribution in [0.15, 0.2) is 42.5 Å². The topological polar surface area (TPSA) is 54.0 Å². The summed E-state index contributed by atoms with van der Waals surface area (Å²) in [5.74, 6) is -0.119. The van der Waals surface area contributed by atoms with Gasteiger partial charge in [0.25, 0.3) is 0 Å². The largest absolute Gasteiger partial charge is 0.494 e. The van der Waals surface area contributed by atoms with Gasteiger partial charge >= 0.3 is 5.97 Å². The maximum atomic E-state index is 14.4. The second-order valence-electron chi connectivity index (χ2n) is 10.2. The van der Waals surface area contributed by atoms with Gasteiger partial charge in [-0.15, -0.1) is 0 Å². The molecule has 2 aromatic carbocycles. The summed E-state index contributed by atoms with van der Waals surface area (Å²) in [5.41, 5.74) is 0.376. The molecule has 0 spiro atoms. The highest BCUT2D eigenvalue weighted by Gasteiger charge is 2.12. The molecule has 1 unspecified atom stereocenters. The molecule has 0 heterocycles. The lowest BCUT2D eigenvalue weighted by Crippen LogP contribution is -2.11. The van der Waals surface area contributed by atoms with Crippen LogP contribution in [0.3, 0.4) is 0 Å². The third kappa shape index (κ3) is 14.4. The molecule has 0 saturated heterocycles. The van der Waals surface area contributed by atoms with E-state index in [2.05, 4.69) is 13.8 Å². The molecular weight excluding hydrogens is 495 g/mol. The summed E-state index contributed by atoms with van der Waals surface area (Å²) in [5, 5.41) is 0. The molecule has 0 N–H and O–H groups in total. The number of carbonyl (C=O) groups is 1. The molecule has 0 aliphatic rings. The van der Waals surface area contributed by atoms with Gasteiger partial charge in [0.2, 0.25) is 0 Å². The van der Waals surface area contributed by atoms with E-state index in [0.29, 0.717) is 18.8 Å². The molecule has 0 amide bonds. The van der Waals surface area contributed by atoms with Crippen LogP contribution in [0, 0.1) is 5.82 Å². The number of ether oxygens (including phenoxy) is 4. The summed E-state index contributed by atoms with van der Waals surface area (Å²) < 4.78 is 36.8. The predicted molar refractivity (Wildman–Crippen MR) is 156 cm³/mol. The first-order chi connectivity index (χ1) is 19.0. The molecule has 0 saturated carbocycles. The molecule has 1 atom stereocenters. The minimum Gasteiger partial charge on any atom is -0.494 e. The fourth-order valence-corrected chi connectivity index (χ4v) is 4.25. The molecular formula is C33H49FO5. The van der Waals surface area contributed by atoms with Gasteiger partial charge in [0.05, 0.1) is 24.9 Å². The van der Waals surface area contributed by atoms with Gasteiger partial charge in [-0.25, -0.2) is 9.18 Å². The van der Waals surface area contributed by atoms with Crippen molar-refractivity contribution in [2.24, 2.45) is 0 Å². The molecule has 0 bridgehead atoms. The van der Waals surface area contributed by atoms with Crippen molar-refractivity contribution in [3.63, 3.8) is 0 Å². The van der Waals surface area contributed by atoms with Gasteiger partial charge in [-0.05, 0) is 69.0 Å². The fourth-order valence-electron chi connectivity index (χ4n) is 4.25. The Morgan fingerprint density at radius 3 is 1.97 bits per heavy atom. The van der Waals surface area contributed by atoms with Gasteiger partial charge in [-0.2, -0.15) is 0 Å². The lowest BCUT2D eigenvalue weighted by molar-refractivity contribution is 0.0565. The van der Waals surface area contributed by atoms with Gasteiger partial charge in [0.1, 0.15) is 11.5 Å². The van der Waals surface area contributed by atoms with E-state index in [1.54, 1.807) is 24.3 Å². The van der Waals surface area contributed by atoms with Crippen LogP contribution in [0.25, 0.3) is 0 Å². The number of rotatable bonds is 22. The van der Waals surface area contributed by atoms with Crippen LogP contribution in [0.5, 0.6) is 17.2 Å². The Balaban J connectivity index is 1.63. The first kappa shape index (κ1) is 32.6. The van der Waals surface area contributed by atoms with Crippen molar-refractivity contribution in [1.29, 1.82) is 0 Å². The molecule has 39 heavy (non-hydrogen) atoms. The Morgan fingerprint density at radius 2 is 1.33 bits per heavy atom. The standard InChI is InChI=1S/C33H49FO5/c1-4-6-7-8-9-10-11-12-13-14-24-37-29-19-17-28(18-20-29)33(35)39-30-21-22-32(31(34)26-30)38-25-15-16-27(3)36-23-5-2/h17-22,26-27H,4-16,23-25H2,1-3H3. The van der Waals surface area contributed by atoms with Gasteiger partial charge in [0.15, 0.2) is 11.6 Å². The second kappa shape index (κ2) is 20.3. The van der Waals surface area contributed by atoms with E-state index in [1.165, 1.54) is 76.0 Å². The molecule has 218 valence electrons. The van der Waals surface area contributed by atoms with E-state index in [9.17, 15) is 9.18 Å². The number of hydrogen-bond acceptors (Lipinski definition) is 5. The first-order valence-electron chi connectivity index (χ1n) is 15.0. The highest BCUT2D eigenvalue weighted by Crippen LogP contribution is 2.24. The number of unbranched alkanes of at least 4 members (excludes halogenated alkanes) is 9. The van der Waals surface area contributed by atoms with E-state index in [4.69, 9.17) is 18.9 Å². The highest BCUT2D eigenvalue weighted by atomic mass is 19.1. The molecule has 0 aromatic heterocycles. The zero-order chi connectivity index (χ0) is 28.1. The monoisotopic (exact) mass is 544 g/mol. The first-order valence-corrected chi connectivity index (χ1v) is 15.0. The molecule has 0 radical (unpaired) electrons. The molecule has 2 rings (SSSR count). The third-order valence-electron chi connectivity index (χ3n) is 6.59. The molecule has 2 aromatic rings. The smallest absolute Gasteiger partial charge is 0.343 e. The maximum Gasteiger partial charge on any atom is 0.343 e. The van der Waals surface area contributed by atoms with Gasteiger partial charge < -0.3 is 18.9 Å². The van der Waals surface area contributed by atoms with Gasteiger partial charge in [-0.3, -0.25) is 0 Å². The van der Waals surface area contributed by atoms with Crippen molar-refractivity contribution in [2.45, 2.75) is 110 Å². The van der Waals surface area contributed by atoms with Crippen molar-refractivity contribution in [3.05, 3.63) is 53.8 Å². The predicted octanol–water partition coefficient (Wildman–Crippen LogP) is 9.32. The highest BCUT2D eigenvalue weighted by molar-refractivity contribution is 5.91. The summed E-state index contributed by atoms with van der Waals surface area (Å²) in [6, 6.07) is 11.0. The Bertz CT molecular complexity index is 915. The van der Waals surface area contributed by atoms with Crippen molar-refractivity contribution < 1.29 is 28.1 Å². The number of esters is 1. The van der Waals surface area contributed by atoms with Crippen LogP contribution >= 0.6 is 0 Å². The fraction of sp³-hybridized carbons (Fsp3) is 0.606. The number of hydrogen-bond donors (Lipinski definition) is 0. The lowest BCUT2D eigenvalue weighted by Gasteiger charge is -2.13. The van der Waals surface area contributed by atoms with Crippen molar-refractivity contribution in [1.82, 2.24) is 0 Å². The average Bonchev–Trinajstić information content (AvgIpc) is 2.94. The van der Waals surface area contributed by atoms with E-state index < -0.39 is 11.8 Å². The van der Waals surface area contributed by atoms with Crippen molar-refractivity contribution >= 4 is 5.97 Å². The number of benzene rings is 2. The molecule has 6 heteroatoms. The Hall–Kier alpha value is -2.60. The summed E-state index contributed by atoms with van der Waals surface area (Å²) >= 11 is 0. The SMILES string of the molecule is CCCCCCCCCCCCOc1ccc(C(=O)Oc2ccc(OCCCC(C)OCCC)c(F)c2)cc1. The van der Waals surface area contributed by atoms with Crippen LogP contribution in [-0.2, 0) is 4.74 Å². The minimum absolute atomic E-state index is 0.132. The van der Waals surface area contributed by atoms with Crippen LogP contribution in [0.4, 0.5) is 4.39 Å². The zero-order valence-corrected chi connectivity index (χ0v) is 24.4. The van der Waals surface area contributed by atoms with Gasteiger partial charge in [-0.1, -0.05) is 71.6 Å². The van der Waals surface area contributed by atoms with E-state index in [1.807, 2.05) is 6.92 Å². The quantitative estimate of drug-likeness (QED) is 0.0840. The lowest BCUT2D eigenvalue weighted by atomic mass is 10.1. The Kier molecular flexibility index (Phi) is 17.0. The maximum absolute atomic E-state index is 14.4. The normalized spacial score (nSPS) is 11.8. The Labute approximate surface area is 235 Å². The van der Waals surface area contributed by atoms with Crippen LogP contribution in [0.1, 0.15) is 115 Å². The third-order valence-corrected chi connectivity index (χ3v) is 6.59. The summed E-state index contributed by atoms with van der Waals surface area (Å²) in [6.07, 6.45) is 15.6. The average molecular weight is 545 g/mol. The van der Waals surface area contributed by atoms with Crippen molar-refractivity contribution in [3.8, 4) is 17.2 Å². The second-order valence-corrected chi connectivity index (χ2v) is 10.2. The van der Waals surface area contributed by atoms with E-state index in [-0.39, 0.29) is 17.6 Å².